The minimum absolute atomic E-state index is 0.188. The first-order chi connectivity index (χ1) is 11.0. The van der Waals surface area contributed by atoms with Gasteiger partial charge in [-0.3, -0.25) is 9.69 Å². The molecule has 1 fully saturated rings. The normalized spacial score (nSPS) is 15.6. The first kappa shape index (κ1) is 17.3. The first-order valence-electron chi connectivity index (χ1n) is 8.08. The Morgan fingerprint density at radius 2 is 1.74 bits per heavy atom. The highest BCUT2D eigenvalue weighted by Crippen LogP contribution is 2.20. The first-order valence-corrected chi connectivity index (χ1v) is 8.08. The predicted octanol–water partition coefficient (Wildman–Crippen LogP) is 1.72. The van der Waals surface area contributed by atoms with E-state index in [-0.39, 0.29) is 6.61 Å². The summed E-state index contributed by atoms with van der Waals surface area (Å²) in [5.74, 6) is -1.61. The van der Waals surface area contributed by atoms with Crippen LogP contribution in [0.15, 0.2) is 24.3 Å². The van der Waals surface area contributed by atoms with Crippen LogP contribution in [0.1, 0.15) is 20.8 Å². The molecule has 0 bridgehead atoms. The molecule has 0 unspecified atom stereocenters. The molecule has 0 atom stereocenters. The van der Waals surface area contributed by atoms with E-state index in [1.54, 1.807) is 19.1 Å². The van der Waals surface area contributed by atoms with Crippen molar-refractivity contribution >= 4 is 23.3 Å². The molecular formula is C17H25N3O3. The maximum atomic E-state index is 11.6. The number of piperazine rings is 1. The monoisotopic (exact) mass is 319 g/mol. The van der Waals surface area contributed by atoms with E-state index in [4.69, 9.17) is 0 Å². The highest BCUT2D eigenvalue weighted by atomic mass is 16.5. The second-order valence-electron chi connectivity index (χ2n) is 5.84. The van der Waals surface area contributed by atoms with Crippen LogP contribution in [0.25, 0.3) is 0 Å². The van der Waals surface area contributed by atoms with Gasteiger partial charge in [-0.25, -0.2) is 4.79 Å². The van der Waals surface area contributed by atoms with E-state index in [9.17, 15) is 9.59 Å². The van der Waals surface area contributed by atoms with Crippen molar-refractivity contribution in [1.29, 1.82) is 0 Å². The van der Waals surface area contributed by atoms with E-state index in [1.807, 2.05) is 12.1 Å². The van der Waals surface area contributed by atoms with Crippen molar-refractivity contribution in [1.82, 2.24) is 4.90 Å². The number of nitrogens with one attached hydrogen (secondary N) is 1. The Morgan fingerprint density at radius 1 is 1.13 bits per heavy atom. The number of rotatable bonds is 4. The van der Waals surface area contributed by atoms with Crippen molar-refractivity contribution in [3.05, 3.63) is 24.3 Å². The zero-order valence-electron chi connectivity index (χ0n) is 14.0. The maximum absolute atomic E-state index is 11.6. The fourth-order valence-electron chi connectivity index (χ4n) is 2.63. The van der Waals surface area contributed by atoms with Gasteiger partial charge in [0, 0.05) is 43.6 Å². The summed E-state index contributed by atoms with van der Waals surface area (Å²) < 4.78 is 4.66. The van der Waals surface area contributed by atoms with Crippen LogP contribution in [0.5, 0.6) is 0 Å². The van der Waals surface area contributed by atoms with Gasteiger partial charge in [0.05, 0.1) is 6.61 Å². The van der Waals surface area contributed by atoms with Crippen LogP contribution < -0.4 is 10.2 Å². The average molecular weight is 319 g/mol. The Labute approximate surface area is 137 Å². The predicted molar refractivity (Wildman–Crippen MR) is 90.6 cm³/mol. The number of anilines is 2. The van der Waals surface area contributed by atoms with E-state index in [2.05, 4.69) is 33.7 Å². The number of esters is 1. The molecule has 1 amide bonds. The lowest BCUT2D eigenvalue weighted by atomic mass is 10.2. The molecular weight excluding hydrogens is 294 g/mol. The van der Waals surface area contributed by atoms with Crippen molar-refractivity contribution in [2.24, 2.45) is 0 Å². The molecule has 6 nitrogen and oxygen atoms in total. The smallest absolute Gasteiger partial charge is 0.397 e. The second kappa shape index (κ2) is 7.97. The Morgan fingerprint density at radius 3 is 2.26 bits per heavy atom. The van der Waals surface area contributed by atoms with E-state index in [0.29, 0.717) is 11.7 Å². The quantitative estimate of drug-likeness (QED) is 0.676. The average Bonchev–Trinajstić information content (AvgIpc) is 2.56. The molecule has 0 spiro atoms. The van der Waals surface area contributed by atoms with Crippen LogP contribution in [0.3, 0.4) is 0 Å². The molecule has 0 aliphatic carbocycles. The van der Waals surface area contributed by atoms with Gasteiger partial charge in [0.2, 0.25) is 0 Å². The topological polar surface area (TPSA) is 61.9 Å². The summed E-state index contributed by atoms with van der Waals surface area (Å²) in [6, 6.07) is 8.12. The standard InChI is InChI=1S/C17H25N3O3/c1-4-23-17(22)16(21)18-14-5-7-15(8-6-14)20-11-9-19(10-12-20)13(2)3/h5-8,13H,4,9-12H2,1-3H3,(H,18,21). The minimum atomic E-state index is -0.860. The van der Waals surface area contributed by atoms with Gasteiger partial charge in [-0.15, -0.1) is 0 Å². The molecule has 1 aliphatic heterocycles. The SMILES string of the molecule is CCOC(=O)C(=O)Nc1ccc(N2CCN(C(C)C)CC2)cc1. The van der Waals surface area contributed by atoms with E-state index < -0.39 is 11.9 Å². The number of ether oxygens (including phenoxy) is 1. The third-order valence-corrected chi connectivity index (χ3v) is 4.00. The molecule has 1 aliphatic rings. The Bertz CT molecular complexity index is 535. The van der Waals surface area contributed by atoms with Gasteiger partial charge in [0.15, 0.2) is 0 Å². The van der Waals surface area contributed by atoms with E-state index in [0.717, 1.165) is 31.9 Å². The molecule has 2 rings (SSSR count). The number of hydrogen-bond acceptors (Lipinski definition) is 5. The van der Waals surface area contributed by atoms with Crippen LogP contribution in [-0.2, 0) is 14.3 Å². The van der Waals surface area contributed by atoms with Crippen molar-refractivity contribution in [2.75, 3.05) is 43.0 Å². The summed E-state index contributed by atoms with van der Waals surface area (Å²) in [4.78, 5) is 27.7. The van der Waals surface area contributed by atoms with Crippen LogP contribution >= 0.6 is 0 Å². The zero-order chi connectivity index (χ0) is 16.8. The zero-order valence-corrected chi connectivity index (χ0v) is 14.0. The molecule has 0 aromatic heterocycles. The number of hydrogen-bond donors (Lipinski definition) is 1. The number of nitrogens with zero attached hydrogens (tertiary/aromatic N) is 2. The van der Waals surface area contributed by atoms with Gasteiger partial charge in [-0.2, -0.15) is 0 Å². The number of carbonyl (C=O) groups excluding carboxylic acids is 2. The molecule has 1 aromatic rings. The van der Waals surface area contributed by atoms with E-state index in [1.165, 1.54) is 0 Å². The molecule has 0 saturated carbocycles. The lowest BCUT2D eigenvalue weighted by Crippen LogP contribution is -2.48. The van der Waals surface area contributed by atoms with Gasteiger partial charge < -0.3 is 15.0 Å². The number of benzene rings is 1. The summed E-state index contributed by atoms with van der Waals surface area (Å²) in [6.07, 6.45) is 0. The van der Waals surface area contributed by atoms with Crippen LogP contribution in [0, 0.1) is 0 Å². The van der Waals surface area contributed by atoms with Gasteiger partial charge in [0.1, 0.15) is 0 Å². The van der Waals surface area contributed by atoms with Gasteiger partial charge in [-0.1, -0.05) is 0 Å². The highest BCUT2D eigenvalue weighted by Gasteiger charge is 2.19. The third-order valence-electron chi connectivity index (χ3n) is 4.00. The van der Waals surface area contributed by atoms with Crippen molar-refractivity contribution in [3.63, 3.8) is 0 Å². The van der Waals surface area contributed by atoms with Crippen molar-refractivity contribution < 1.29 is 14.3 Å². The summed E-state index contributed by atoms with van der Waals surface area (Å²) in [7, 11) is 0. The molecule has 1 N–H and O–H groups in total. The van der Waals surface area contributed by atoms with Gasteiger partial charge in [0.25, 0.3) is 0 Å². The van der Waals surface area contributed by atoms with Gasteiger partial charge >= 0.3 is 11.9 Å². The largest absolute Gasteiger partial charge is 0.459 e. The Kier molecular flexibility index (Phi) is 5.98. The molecule has 126 valence electrons. The number of amides is 1. The fourth-order valence-corrected chi connectivity index (χ4v) is 2.63. The molecule has 1 saturated heterocycles. The van der Waals surface area contributed by atoms with Crippen molar-refractivity contribution in [3.8, 4) is 0 Å². The summed E-state index contributed by atoms with van der Waals surface area (Å²) in [5, 5.41) is 2.54. The fraction of sp³-hybridized carbons (Fsp3) is 0.529. The Balaban J connectivity index is 1.90. The minimum Gasteiger partial charge on any atom is -0.459 e. The second-order valence-corrected chi connectivity index (χ2v) is 5.84. The summed E-state index contributed by atoms with van der Waals surface area (Å²) in [6.45, 7) is 10.4. The van der Waals surface area contributed by atoms with E-state index >= 15 is 0 Å². The van der Waals surface area contributed by atoms with Crippen LogP contribution in [0.4, 0.5) is 11.4 Å². The van der Waals surface area contributed by atoms with Crippen LogP contribution in [0.2, 0.25) is 0 Å². The molecule has 1 heterocycles. The Hall–Kier alpha value is -2.08. The maximum Gasteiger partial charge on any atom is 0.397 e. The summed E-state index contributed by atoms with van der Waals surface area (Å²) in [5.41, 5.74) is 1.72. The molecule has 0 radical (unpaired) electrons. The summed E-state index contributed by atoms with van der Waals surface area (Å²) >= 11 is 0. The third kappa shape index (κ3) is 4.69. The van der Waals surface area contributed by atoms with Crippen molar-refractivity contribution in [2.45, 2.75) is 26.8 Å². The molecule has 6 heteroatoms. The van der Waals surface area contributed by atoms with Crippen LogP contribution in [-0.4, -0.2) is 55.6 Å². The molecule has 1 aromatic carbocycles. The highest BCUT2D eigenvalue weighted by molar-refractivity contribution is 6.37. The van der Waals surface area contributed by atoms with Gasteiger partial charge in [-0.05, 0) is 45.0 Å². The molecule has 23 heavy (non-hydrogen) atoms. The lowest BCUT2D eigenvalue weighted by molar-refractivity contribution is -0.152. The lowest BCUT2D eigenvalue weighted by Gasteiger charge is -2.38. The number of carbonyl (C=O) groups is 2.